The number of amides is 1. The van der Waals surface area contributed by atoms with E-state index < -0.39 is 67.1 Å². The van der Waals surface area contributed by atoms with E-state index in [1.807, 2.05) is 0 Å². The first kappa shape index (κ1) is 35.6. The van der Waals surface area contributed by atoms with E-state index in [4.69, 9.17) is 58.5 Å². The molecule has 10 atom stereocenters. The molecule has 3 fully saturated rings. The molecule has 1 aliphatic carbocycles. The van der Waals surface area contributed by atoms with Gasteiger partial charge >= 0.3 is 0 Å². The van der Waals surface area contributed by atoms with Gasteiger partial charge in [0.1, 0.15) is 73.0 Å². The molecule has 0 radical (unpaired) electrons. The number of aliphatic hydroxyl groups is 5. The number of halogens is 3. The van der Waals surface area contributed by atoms with Crippen LogP contribution >= 0.6 is 34.8 Å². The van der Waals surface area contributed by atoms with Crippen LogP contribution in [-0.4, -0.2) is 111 Å². The van der Waals surface area contributed by atoms with E-state index in [9.17, 15) is 35.4 Å². The summed E-state index contributed by atoms with van der Waals surface area (Å²) in [5.41, 5.74) is 1.08. The van der Waals surface area contributed by atoms with Gasteiger partial charge in [-0.2, -0.15) is 0 Å². The van der Waals surface area contributed by atoms with Gasteiger partial charge in [-0.25, -0.2) is 0 Å². The zero-order chi connectivity index (χ0) is 34.2. The number of phenols is 1. The van der Waals surface area contributed by atoms with Crippen molar-refractivity contribution in [3.8, 4) is 17.2 Å². The standard InChI is InChI=1S/C31H34Cl3NO12/c1-12(7-8-43-18-6-4-15(32)19(33)20(18)34)27-25(40)26(41)31(47-27)46-17-5-3-14(10-16(17)36)9-13(2)30(42)35-21-22(37)24(39)29-28(23(21)38)44-11-45-29/h3-7,9-10,21-29,31,36-41H,8,11H2,1-2H3,(H,35,42)/t21-,22+,23-,24-,25+,26+,27-,28+,29-,31-/m1/s1. The fraction of sp³-hybridized carbons (Fsp3) is 0.452. The third-order valence-electron chi connectivity index (χ3n) is 8.18. The largest absolute Gasteiger partial charge is 0.504 e. The maximum Gasteiger partial charge on any atom is 0.247 e. The van der Waals surface area contributed by atoms with Gasteiger partial charge in [-0.05, 0) is 61.4 Å². The molecule has 3 aliphatic rings. The number of aromatic hydroxyl groups is 1. The van der Waals surface area contributed by atoms with Gasteiger partial charge < -0.3 is 59.6 Å². The van der Waals surface area contributed by atoms with E-state index in [2.05, 4.69) is 5.32 Å². The summed E-state index contributed by atoms with van der Waals surface area (Å²) in [4.78, 5) is 12.9. The number of nitrogens with one attached hydrogen (secondary N) is 1. The van der Waals surface area contributed by atoms with Gasteiger partial charge in [0.05, 0.1) is 16.1 Å². The highest BCUT2D eigenvalue weighted by Gasteiger charge is 2.53. The summed E-state index contributed by atoms with van der Waals surface area (Å²) in [6.07, 6.45) is -8.06. The number of rotatable bonds is 9. The minimum atomic E-state index is -1.50. The Bertz CT molecular complexity index is 1540. The van der Waals surface area contributed by atoms with Crippen LogP contribution in [0.5, 0.6) is 17.2 Å². The molecule has 13 nitrogen and oxygen atoms in total. The molecule has 2 heterocycles. The average Bonchev–Trinajstić information content (AvgIpc) is 3.64. The van der Waals surface area contributed by atoms with Crippen molar-refractivity contribution >= 4 is 46.8 Å². The Morgan fingerprint density at radius 1 is 0.915 bits per heavy atom. The number of hydrogen-bond donors (Lipinski definition) is 7. The number of carbonyl (C=O) groups excluding carboxylic acids is 1. The fourth-order valence-electron chi connectivity index (χ4n) is 5.50. The lowest BCUT2D eigenvalue weighted by atomic mass is 9.83. The Morgan fingerprint density at radius 2 is 1.60 bits per heavy atom. The van der Waals surface area contributed by atoms with Crippen molar-refractivity contribution in [1.29, 1.82) is 0 Å². The average molecular weight is 719 g/mol. The molecular formula is C31H34Cl3NO12. The van der Waals surface area contributed by atoms with Crippen LogP contribution < -0.4 is 14.8 Å². The second kappa shape index (κ2) is 14.8. The van der Waals surface area contributed by atoms with Crippen molar-refractivity contribution in [2.75, 3.05) is 13.4 Å². The van der Waals surface area contributed by atoms with Gasteiger partial charge in [-0.1, -0.05) is 40.9 Å². The zero-order valence-corrected chi connectivity index (χ0v) is 27.3. The first-order chi connectivity index (χ1) is 22.3. The van der Waals surface area contributed by atoms with Crippen LogP contribution in [0.1, 0.15) is 19.4 Å². The highest BCUT2D eigenvalue weighted by Crippen LogP contribution is 2.38. The van der Waals surface area contributed by atoms with Crippen LogP contribution in [0.15, 0.2) is 47.6 Å². The minimum absolute atomic E-state index is 0.0407. The predicted molar refractivity (Wildman–Crippen MR) is 168 cm³/mol. The van der Waals surface area contributed by atoms with Crippen molar-refractivity contribution in [3.63, 3.8) is 0 Å². The monoisotopic (exact) mass is 717 g/mol. The maximum absolute atomic E-state index is 12.9. The summed E-state index contributed by atoms with van der Waals surface area (Å²) in [5, 5.41) is 66.3. The van der Waals surface area contributed by atoms with Crippen LogP contribution in [-0.2, 0) is 19.0 Å². The van der Waals surface area contributed by atoms with Crippen molar-refractivity contribution in [2.45, 2.75) is 75.0 Å². The zero-order valence-electron chi connectivity index (χ0n) is 25.0. The number of hydrogen-bond acceptors (Lipinski definition) is 12. The number of fused-ring (bicyclic) bond motifs is 1. The first-order valence-electron chi connectivity index (χ1n) is 14.5. The summed E-state index contributed by atoms with van der Waals surface area (Å²) in [7, 11) is 0. The summed E-state index contributed by atoms with van der Waals surface area (Å²) in [6.45, 7) is 3.04. The molecule has 0 aromatic heterocycles. The lowest BCUT2D eigenvalue weighted by Gasteiger charge is -2.41. The molecule has 16 heteroatoms. The number of phenolic OH excluding ortho intramolecular Hbond substituents is 1. The SMILES string of the molecule is CC(=Cc1ccc(O[C@@H]2O[C@H](C(C)=CCOc3ccc(Cl)c(Cl)c3Cl)[C@@H](O)[C@@H]2O)c(O)c1)C(=O)N[C@@H]1[C@H](O)[C@@H](O)[C@H]2OCO[C@H]2[C@@H]1O. The molecule has 1 saturated carbocycles. The topological polar surface area (TPSA) is 197 Å². The molecule has 2 saturated heterocycles. The minimum Gasteiger partial charge on any atom is -0.504 e. The van der Waals surface area contributed by atoms with Crippen molar-refractivity contribution < 1.29 is 59.1 Å². The highest BCUT2D eigenvalue weighted by molar-refractivity contribution is 6.48. The number of ether oxygens (including phenoxy) is 5. The Hall–Kier alpha value is -2.66. The second-order valence-electron chi connectivity index (χ2n) is 11.4. The smallest absolute Gasteiger partial charge is 0.247 e. The third-order valence-corrected chi connectivity index (χ3v) is 9.46. The number of aliphatic hydroxyl groups excluding tert-OH is 5. The van der Waals surface area contributed by atoms with Crippen LogP contribution in [0.25, 0.3) is 6.08 Å². The summed E-state index contributed by atoms with van der Waals surface area (Å²) in [5.74, 6) is -0.742. The van der Waals surface area contributed by atoms with Crippen molar-refractivity contribution in [2.24, 2.45) is 0 Å². The summed E-state index contributed by atoms with van der Waals surface area (Å²) in [6, 6.07) is 6.10. The van der Waals surface area contributed by atoms with E-state index in [1.54, 1.807) is 25.1 Å². The molecule has 1 amide bonds. The van der Waals surface area contributed by atoms with Gasteiger partial charge in [0.15, 0.2) is 11.5 Å². The van der Waals surface area contributed by atoms with E-state index in [1.165, 1.54) is 31.2 Å². The van der Waals surface area contributed by atoms with E-state index >= 15 is 0 Å². The number of benzene rings is 2. The van der Waals surface area contributed by atoms with Crippen LogP contribution in [0, 0.1) is 0 Å². The van der Waals surface area contributed by atoms with Crippen molar-refractivity contribution in [3.05, 3.63) is 68.2 Å². The Labute approximate surface area is 284 Å². The Kier molecular flexibility index (Phi) is 11.3. The van der Waals surface area contributed by atoms with E-state index in [0.29, 0.717) is 16.9 Å². The maximum atomic E-state index is 12.9. The molecule has 2 aromatic rings. The molecule has 7 N–H and O–H groups in total. The quantitative estimate of drug-likeness (QED) is 0.113. The Balaban J connectivity index is 1.18. The molecule has 0 unspecified atom stereocenters. The molecule has 47 heavy (non-hydrogen) atoms. The van der Waals surface area contributed by atoms with Crippen LogP contribution in [0.3, 0.4) is 0 Å². The molecule has 2 aromatic carbocycles. The van der Waals surface area contributed by atoms with Crippen molar-refractivity contribution in [1.82, 2.24) is 5.32 Å². The van der Waals surface area contributed by atoms with E-state index in [0.717, 1.165) is 0 Å². The van der Waals surface area contributed by atoms with Crippen LogP contribution in [0.2, 0.25) is 15.1 Å². The highest BCUT2D eigenvalue weighted by atomic mass is 35.5. The van der Waals surface area contributed by atoms with Gasteiger partial charge in [-0.15, -0.1) is 0 Å². The normalized spacial score (nSPS) is 32.6. The fourth-order valence-corrected chi connectivity index (χ4v) is 6.09. The molecular weight excluding hydrogens is 685 g/mol. The molecule has 0 spiro atoms. The molecule has 2 aliphatic heterocycles. The third kappa shape index (κ3) is 7.51. The molecule has 256 valence electrons. The Morgan fingerprint density at radius 3 is 2.30 bits per heavy atom. The molecule has 5 rings (SSSR count). The van der Waals surface area contributed by atoms with E-state index in [-0.39, 0.29) is 45.5 Å². The second-order valence-corrected chi connectivity index (χ2v) is 12.5. The van der Waals surface area contributed by atoms with Gasteiger partial charge in [0.25, 0.3) is 0 Å². The number of carbonyl (C=O) groups is 1. The predicted octanol–water partition coefficient (Wildman–Crippen LogP) is 1.93. The van der Waals surface area contributed by atoms with Crippen LogP contribution in [0.4, 0.5) is 0 Å². The summed E-state index contributed by atoms with van der Waals surface area (Å²) < 4.78 is 27.6. The van der Waals surface area contributed by atoms with Gasteiger partial charge in [0, 0.05) is 5.57 Å². The lowest BCUT2D eigenvalue weighted by Crippen LogP contribution is -2.67. The van der Waals surface area contributed by atoms with Gasteiger partial charge in [0.2, 0.25) is 12.2 Å². The summed E-state index contributed by atoms with van der Waals surface area (Å²) >= 11 is 18.1. The first-order valence-corrected chi connectivity index (χ1v) is 15.6. The lowest BCUT2D eigenvalue weighted by molar-refractivity contribution is -0.155. The molecule has 0 bridgehead atoms. The van der Waals surface area contributed by atoms with Gasteiger partial charge in [-0.3, -0.25) is 4.79 Å².